The zero-order valence-corrected chi connectivity index (χ0v) is 42.7. The van der Waals surface area contributed by atoms with Gasteiger partial charge in [-0.3, -0.25) is 67.1 Å². The van der Waals surface area contributed by atoms with Gasteiger partial charge in [-0.1, -0.05) is 0 Å². The third-order valence-corrected chi connectivity index (χ3v) is 13.2. The molecule has 0 radical (unpaired) electrons. The smallest absolute Gasteiger partial charge is 0.469 e. The quantitative estimate of drug-likeness (QED) is 0.0101. The highest BCUT2D eigenvalue weighted by atomic mass is 31.2. The first kappa shape index (κ1) is 63.9. The van der Waals surface area contributed by atoms with E-state index >= 15 is 0 Å². The summed E-state index contributed by atoms with van der Waals surface area (Å²) in [4.78, 5) is 195. The Hall–Kier alpha value is -7.35. The topological polar surface area (TPSA) is 530 Å². The van der Waals surface area contributed by atoms with Crippen LogP contribution in [-0.2, 0) is 71.4 Å². The molecule has 10 atom stereocenters. The molecule has 33 nitrogen and oxygen atoms in total. The number of likely N-dealkylation sites (tertiary alicyclic amines) is 3. The molecular weight excluding hydrogens is 1050 g/mol. The Labute approximate surface area is 439 Å². The molecule has 3 aliphatic heterocycles. The van der Waals surface area contributed by atoms with E-state index in [1.165, 1.54) is 4.90 Å². The van der Waals surface area contributed by atoms with Crippen LogP contribution >= 0.6 is 7.82 Å². The minimum Gasteiger partial charge on any atom is -0.481 e. The lowest BCUT2D eigenvalue weighted by molar-refractivity contribution is -0.145. The number of guanidine groups is 1. The number of aliphatic imine (C=N–C) groups is 1. The summed E-state index contributed by atoms with van der Waals surface area (Å²) >= 11 is 0. The fourth-order valence-electron chi connectivity index (χ4n) is 8.89. The zero-order valence-electron chi connectivity index (χ0n) is 41.9. The predicted molar refractivity (Wildman–Crippen MR) is 259 cm³/mol. The summed E-state index contributed by atoms with van der Waals surface area (Å²) in [7, 11) is -5.54. The molecule has 0 aromatic carbocycles. The van der Waals surface area contributed by atoms with Gasteiger partial charge in [0.15, 0.2) is 5.96 Å². The van der Waals surface area contributed by atoms with E-state index in [9.17, 15) is 92.0 Å². The summed E-state index contributed by atoms with van der Waals surface area (Å²) in [5.41, 5.74) is 16.4. The molecule has 0 aromatic rings. The minimum atomic E-state index is -5.54. The second-order valence-corrected chi connectivity index (χ2v) is 19.6. The number of nitrogens with two attached hydrogens (primary N) is 3. The van der Waals surface area contributed by atoms with Gasteiger partial charge in [0, 0.05) is 39.0 Å². The van der Waals surface area contributed by atoms with E-state index in [-0.39, 0.29) is 70.7 Å². The van der Waals surface area contributed by atoms with E-state index in [0.717, 1.165) is 16.7 Å². The number of amides is 8. The fraction of sp³-hybridized carbons (Fsp3) is 0.674. The molecule has 3 rings (SSSR count). The number of carboxylic acid groups (broad SMARTS) is 4. The van der Waals surface area contributed by atoms with E-state index in [0.29, 0.717) is 19.1 Å². The molecule has 0 aromatic heterocycles. The maximum absolute atomic E-state index is 14.3. The van der Waals surface area contributed by atoms with Crippen molar-refractivity contribution in [1.29, 1.82) is 0 Å². The molecule has 430 valence electrons. The van der Waals surface area contributed by atoms with E-state index in [4.69, 9.17) is 22.3 Å². The zero-order chi connectivity index (χ0) is 57.9. The number of aldehydes is 1. The Morgan fingerprint density at radius 1 is 0.623 bits per heavy atom. The van der Waals surface area contributed by atoms with Crippen LogP contribution < -0.4 is 43.8 Å². The van der Waals surface area contributed by atoms with Gasteiger partial charge < -0.3 is 93.5 Å². The molecule has 34 heteroatoms. The first-order chi connectivity index (χ1) is 36.0. The minimum absolute atomic E-state index is 0.0267. The molecule has 77 heavy (non-hydrogen) atoms. The van der Waals surface area contributed by atoms with Gasteiger partial charge in [0.1, 0.15) is 48.6 Å². The van der Waals surface area contributed by atoms with Gasteiger partial charge >= 0.3 is 31.7 Å². The molecule has 17 N–H and O–H groups in total. The van der Waals surface area contributed by atoms with Crippen molar-refractivity contribution >= 4 is 91.2 Å². The van der Waals surface area contributed by atoms with E-state index in [1.807, 2.05) is 0 Å². The Bertz CT molecular complexity index is 2320. The van der Waals surface area contributed by atoms with Crippen molar-refractivity contribution in [3.63, 3.8) is 0 Å². The maximum Gasteiger partial charge on any atom is 0.469 e. The second kappa shape index (κ2) is 29.8. The summed E-state index contributed by atoms with van der Waals surface area (Å²) < 4.78 is 16.7. The number of carboxylic acids is 4. The number of phosphoric ester groups is 1. The third-order valence-electron chi connectivity index (χ3n) is 12.6. The fourth-order valence-corrected chi connectivity index (χ4v) is 9.45. The van der Waals surface area contributed by atoms with E-state index in [2.05, 4.69) is 36.1 Å². The lowest BCUT2D eigenvalue weighted by Gasteiger charge is -2.32. The number of rotatable bonds is 31. The molecule has 0 unspecified atom stereocenters. The highest BCUT2D eigenvalue weighted by molar-refractivity contribution is 7.46. The highest BCUT2D eigenvalue weighted by Gasteiger charge is 2.44. The van der Waals surface area contributed by atoms with Gasteiger partial charge in [-0.25, -0.2) is 4.57 Å². The average Bonchev–Trinajstić information content (AvgIpc) is 4.14. The molecule has 3 fully saturated rings. The van der Waals surface area contributed by atoms with Crippen molar-refractivity contribution in [1.82, 2.24) is 41.3 Å². The highest BCUT2D eigenvalue weighted by Crippen LogP contribution is 2.38. The van der Waals surface area contributed by atoms with Crippen LogP contribution in [0.5, 0.6) is 0 Å². The molecule has 3 aliphatic rings. The molecule has 8 amide bonds. The van der Waals surface area contributed by atoms with Crippen molar-refractivity contribution in [2.75, 3.05) is 26.2 Å². The number of nitrogens with one attached hydrogen (secondary N) is 5. The van der Waals surface area contributed by atoms with Crippen molar-refractivity contribution in [3.05, 3.63) is 0 Å². The van der Waals surface area contributed by atoms with Crippen LogP contribution in [0.4, 0.5) is 0 Å². The van der Waals surface area contributed by atoms with Crippen molar-refractivity contribution in [2.24, 2.45) is 22.2 Å². The maximum atomic E-state index is 14.3. The van der Waals surface area contributed by atoms with Gasteiger partial charge in [0.25, 0.3) is 0 Å². The predicted octanol–water partition coefficient (Wildman–Crippen LogP) is -5.86. The standard InChI is InChI=1S/C43H67N12O21P/c1-21(76-77(73,74)75)34(39(69)50-26(11-13-31(59)60)42(72)55-17-4-8-28(55)37(67)49-25(10-12-30(57)58)40(70)53-15-3-6-22(53)20-56)52-36(66)27(19-33(63)64)51-38(68)29-9-5-16-54(29)41(71)24(7-2-14-47-43(45)46)48-35(65)23(44)18-32(61)62/h20-29,34H,2-19,44H2,1H3,(H,48,65)(H,49,67)(H,50,69)(H,51,68)(H,52,66)(H,57,58)(H,59,60)(H,61,62)(H,63,64)(H4,45,46,47)(H2,73,74,75)/t21-,22+,23+,24+,25+,26+,27+,28+,29+,34+/m1/s1. The summed E-state index contributed by atoms with van der Waals surface area (Å²) in [5, 5.41) is 49.1. The van der Waals surface area contributed by atoms with Crippen LogP contribution in [0.2, 0.25) is 0 Å². The Balaban J connectivity index is 1.91. The molecule has 3 saturated heterocycles. The number of nitrogens with zero attached hydrogens (tertiary/aromatic N) is 4. The van der Waals surface area contributed by atoms with Gasteiger partial charge in [-0.05, 0) is 71.1 Å². The van der Waals surface area contributed by atoms with Crippen LogP contribution in [0.1, 0.15) is 96.8 Å². The Morgan fingerprint density at radius 3 is 1.56 bits per heavy atom. The molecule has 0 bridgehead atoms. The van der Waals surface area contributed by atoms with Crippen LogP contribution in [0.25, 0.3) is 0 Å². The summed E-state index contributed by atoms with van der Waals surface area (Å²) in [6.07, 6.45) is -5.19. The third kappa shape index (κ3) is 20.3. The van der Waals surface area contributed by atoms with Crippen LogP contribution in [-0.4, -0.2) is 215 Å². The lowest BCUT2D eigenvalue weighted by Crippen LogP contribution is -2.62. The van der Waals surface area contributed by atoms with Crippen LogP contribution in [0.3, 0.4) is 0 Å². The largest absolute Gasteiger partial charge is 0.481 e. The number of carbonyl (C=O) groups excluding carboxylic acids is 9. The summed E-state index contributed by atoms with van der Waals surface area (Å²) in [6.45, 7) is 0.682. The van der Waals surface area contributed by atoms with Crippen molar-refractivity contribution in [2.45, 2.75) is 157 Å². The normalized spacial score (nSPS) is 19.9. The monoisotopic (exact) mass is 1120 g/mol. The van der Waals surface area contributed by atoms with Gasteiger partial charge in [-0.15, -0.1) is 0 Å². The lowest BCUT2D eigenvalue weighted by atomic mass is 10.0. The van der Waals surface area contributed by atoms with Crippen molar-refractivity contribution in [3.8, 4) is 0 Å². The first-order valence-electron chi connectivity index (χ1n) is 24.4. The van der Waals surface area contributed by atoms with E-state index in [1.54, 1.807) is 0 Å². The van der Waals surface area contributed by atoms with Gasteiger partial charge in [0.05, 0.1) is 31.0 Å². The van der Waals surface area contributed by atoms with Crippen LogP contribution in [0.15, 0.2) is 4.99 Å². The second-order valence-electron chi connectivity index (χ2n) is 18.4. The Morgan fingerprint density at radius 2 is 1.08 bits per heavy atom. The average molecular weight is 1120 g/mol. The number of aliphatic carboxylic acids is 4. The molecular formula is C43H67N12O21P. The molecule has 0 spiro atoms. The SMILES string of the molecule is C[C@@H](OP(=O)(O)O)[C@H](NC(=O)[C@H](CC(=O)O)NC(=O)[C@@H]1CCCN1C(=O)[C@H](CCCN=C(N)N)NC(=O)[C@@H](N)CC(=O)O)C(=O)N[C@@H](CCC(=O)O)C(=O)N1CCC[C@H]1C(=O)N[C@@H](CCC(=O)O)C(=O)N1CCC[C@H]1C=O. The number of hydrogen-bond acceptors (Lipinski definition) is 17. The number of carbonyl (C=O) groups is 13. The molecule has 0 saturated carbocycles. The summed E-state index contributed by atoms with van der Waals surface area (Å²) in [6, 6.07) is -14.5. The van der Waals surface area contributed by atoms with Gasteiger partial charge in [0.2, 0.25) is 47.3 Å². The van der Waals surface area contributed by atoms with Gasteiger partial charge in [-0.2, -0.15) is 0 Å². The number of phosphoric acid groups is 1. The Kier molecular flexibility index (Phi) is 24.8. The van der Waals surface area contributed by atoms with Crippen LogP contribution in [0, 0.1) is 0 Å². The molecule has 0 aliphatic carbocycles. The van der Waals surface area contributed by atoms with Crippen molar-refractivity contribution < 1.29 is 102 Å². The molecule has 3 heterocycles. The summed E-state index contributed by atoms with van der Waals surface area (Å²) in [5.74, 6) is -15.0. The number of hydrogen-bond donors (Lipinski definition) is 14. The first-order valence-corrected chi connectivity index (χ1v) is 25.9. The van der Waals surface area contributed by atoms with E-state index < -0.39 is 178 Å².